The maximum atomic E-state index is 5.46. The van der Waals surface area contributed by atoms with Crippen LogP contribution < -0.4 is 0 Å². The average Bonchev–Trinajstić information content (AvgIpc) is 4.16. The SMILES string of the molecule is C=C(c1ccccc1N=C(C)n1c2ccccc2c2ccc(-c3ccc4c(c3)-c3c(cccc3-c3ccc5c(c3)c3ccccc3n5-c3ccccc3)C4)cc21)c1cccc2c1sc1ccccc12. The summed E-state index contributed by atoms with van der Waals surface area (Å²) in [6, 6.07) is 79.8. The van der Waals surface area contributed by atoms with Gasteiger partial charge in [0.25, 0.3) is 0 Å². The minimum absolute atomic E-state index is 0.898. The maximum Gasteiger partial charge on any atom is 0.111 e. The van der Waals surface area contributed by atoms with E-state index in [1.165, 1.54) is 103 Å². The van der Waals surface area contributed by atoms with Gasteiger partial charge in [-0.3, -0.25) is 4.57 Å². The Morgan fingerprint density at radius 2 is 1.12 bits per heavy atom. The summed E-state index contributed by atoms with van der Waals surface area (Å²) in [5.41, 5.74) is 20.2. The lowest BCUT2D eigenvalue weighted by Gasteiger charge is -2.14. The fourth-order valence-corrected chi connectivity index (χ4v) is 12.6. The molecular formula is C65H43N3S. The first-order valence-corrected chi connectivity index (χ1v) is 24.5. The van der Waals surface area contributed by atoms with E-state index >= 15 is 0 Å². The van der Waals surface area contributed by atoms with Crippen LogP contribution in [0.3, 0.4) is 0 Å². The van der Waals surface area contributed by atoms with Crippen molar-refractivity contribution in [1.29, 1.82) is 0 Å². The highest BCUT2D eigenvalue weighted by molar-refractivity contribution is 7.26. The summed E-state index contributed by atoms with van der Waals surface area (Å²) in [6.45, 7) is 6.85. The molecule has 0 unspecified atom stereocenters. The van der Waals surface area contributed by atoms with E-state index in [2.05, 4.69) is 234 Å². The van der Waals surface area contributed by atoms with Crippen molar-refractivity contribution in [3.63, 3.8) is 0 Å². The topological polar surface area (TPSA) is 22.2 Å². The molecule has 0 aliphatic heterocycles. The van der Waals surface area contributed by atoms with E-state index in [1.807, 2.05) is 11.3 Å². The van der Waals surface area contributed by atoms with Gasteiger partial charge in [0.2, 0.25) is 0 Å². The van der Waals surface area contributed by atoms with Crippen molar-refractivity contribution in [2.24, 2.45) is 4.99 Å². The Morgan fingerprint density at radius 1 is 0.464 bits per heavy atom. The highest BCUT2D eigenvalue weighted by Gasteiger charge is 2.24. The van der Waals surface area contributed by atoms with Crippen molar-refractivity contribution in [1.82, 2.24) is 9.13 Å². The Kier molecular flexibility index (Phi) is 8.89. The van der Waals surface area contributed by atoms with E-state index in [0.29, 0.717) is 0 Å². The van der Waals surface area contributed by atoms with Crippen molar-refractivity contribution < 1.29 is 0 Å². The summed E-state index contributed by atoms with van der Waals surface area (Å²) in [4.78, 5) is 5.46. The molecule has 0 saturated heterocycles. The van der Waals surface area contributed by atoms with Crippen LogP contribution in [0.15, 0.2) is 230 Å². The van der Waals surface area contributed by atoms with Crippen LogP contribution in [0.1, 0.15) is 29.2 Å². The number of hydrogen-bond donors (Lipinski definition) is 0. The van der Waals surface area contributed by atoms with Crippen molar-refractivity contribution in [3.8, 4) is 39.1 Å². The predicted octanol–water partition coefficient (Wildman–Crippen LogP) is 17.8. The molecule has 0 N–H and O–H groups in total. The molecule has 4 heteroatoms. The number of hydrogen-bond acceptors (Lipinski definition) is 2. The van der Waals surface area contributed by atoms with E-state index in [0.717, 1.165) is 45.7 Å². The lowest BCUT2D eigenvalue weighted by Crippen LogP contribution is -2.07. The Hall–Kier alpha value is -8.57. The first-order chi connectivity index (χ1) is 34.1. The molecule has 0 radical (unpaired) electrons. The predicted molar refractivity (Wildman–Crippen MR) is 295 cm³/mol. The number of para-hydroxylation sites is 4. The monoisotopic (exact) mass is 897 g/mol. The molecule has 1 aliphatic rings. The Morgan fingerprint density at radius 3 is 2.00 bits per heavy atom. The highest BCUT2D eigenvalue weighted by Crippen LogP contribution is 2.47. The highest BCUT2D eigenvalue weighted by atomic mass is 32.1. The second-order valence-electron chi connectivity index (χ2n) is 18.3. The largest absolute Gasteiger partial charge is 0.309 e. The number of aromatic nitrogens is 2. The van der Waals surface area contributed by atoms with Crippen LogP contribution >= 0.6 is 11.3 Å². The zero-order valence-corrected chi connectivity index (χ0v) is 38.8. The summed E-state index contributed by atoms with van der Waals surface area (Å²) in [7, 11) is 0. The van der Waals surface area contributed by atoms with E-state index in [9.17, 15) is 0 Å². The molecule has 0 bridgehead atoms. The van der Waals surface area contributed by atoms with Gasteiger partial charge in [0.15, 0.2) is 0 Å². The molecule has 0 spiro atoms. The van der Waals surface area contributed by atoms with Gasteiger partial charge in [-0.2, -0.15) is 0 Å². The van der Waals surface area contributed by atoms with Crippen LogP contribution in [0.4, 0.5) is 5.69 Å². The third-order valence-corrected chi connectivity index (χ3v) is 15.7. The van der Waals surface area contributed by atoms with Gasteiger partial charge in [-0.15, -0.1) is 11.3 Å². The molecule has 10 aromatic carbocycles. The average molecular weight is 898 g/mol. The van der Waals surface area contributed by atoms with E-state index in [4.69, 9.17) is 11.6 Å². The van der Waals surface area contributed by atoms with Gasteiger partial charge < -0.3 is 4.57 Å². The normalized spacial score (nSPS) is 12.5. The van der Waals surface area contributed by atoms with Crippen LogP contribution in [-0.2, 0) is 6.42 Å². The molecule has 13 aromatic rings. The Labute approximate surface area is 403 Å². The number of aliphatic imine (C=N–C) groups is 1. The van der Waals surface area contributed by atoms with Crippen LogP contribution in [0, 0.1) is 0 Å². The second-order valence-corrected chi connectivity index (χ2v) is 19.4. The molecular weight excluding hydrogens is 855 g/mol. The Bertz CT molecular complexity index is 4310. The Balaban J connectivity index is 0.866. The molecule has 3 aromatic heterocycles. The second kappa shape index (κ2) is 15.5. The summed E-state index contributed by atoms with van der Waals surface area (Å²) in [5, 5.41) is 7.48. The van der Waals surface area contributed by atoms with Crippen molar-refractivity contribution in [3.05, 3.63) is 247 Å². The first-order valence-electron chi connectivity index (χ1n) is 23.7. The molecule has 0 atom stereocenters. The fourth-order valence-electron chi connectivity index (χ4n) is 11.3. The number of fused-ring (bicyclic) bond motifs is 12. The lowest BCUT2D eigenvalue weighted by molar-refractivity contribution is 1.18. The molecule has 1 aliphatic carbocycles. The van der Waals surface area contributed by atoms with Crippen LogP contribution in [0.25, 0.3) is 108 Å². The standard InChI is InChI=1S/C65H43N3S/c1-40(49-23-15-25-55-54-22-9-13-29-63(54)69-65(49)55)48-19-6-10-26-58(48)66-41(2)67-59-27-11-7-20-51(59)53-34-32-43(39-62(53)67)42-30-31-44-36-46-16-14-24-50(64(46)56(44)37-42)45-33-35-61-57(38-45)52-21-8-12-28-60(52)68(61)47-17-4-3-5-18-47/h3-35,37-39H,1,36H2,2H3. The molecule has 14 rings (SSSR count). The number of rotatable bonds is 6. The van der Waals surface area contributed by atoms with E-state index in [1.54, 1.807) is 0 Å². The summed E-state index contributed by atoms with van der Waals surface area (Å²) >= 11 is 1.83. The number of benzene rings is 10. The third-order valence-electron chi connectivity index (χ3n) is 14.5. The van der Waals surface area contributed by atoms with Crippen LogP contribution in [0.2, 0.25) is 0 Å². The van der Waals surface area contributed by atoms with Crippen molar-refractivity contribution in [2.75, 3.05) is 0 Å². The van der Waals surface area contributed by atoms with Gasteiger partial charge in [-0.25, -0.2) is 4.99 Å². The molecule has 0 amide bonds. The molecule has 0 fully saturated rings. The smallest absolute Gasteiger partial charge is 0.111 e. The lowest BCUT2D eigenvalue weighted by atomic mass is 9.92. The maximum absolute atomic E-state index is 5.46. The van der Waals surface area contributed by atoms with Gasteiger partial charge in [0, 0.05) is 53.0 Å². The summed E-state index contributed by atoms with van der Waals surface area (Å²) in [5.74, 6) is 0.898. The van der Waals surface area contributed by atoms with Crippen LogP contribution in [0.5, 0.6) is 0 Å². The quantitative estimate of drug-likeness (QED) is 0.117. The molecule has 0 saturated carbocycles. The van der Waals surface area contributed by atoms with Gasteiger partial charge in [0.05, 0.1) is 27.8 Å². The third kappa shape index (κ3) is 6.16. The van der Waals surface area contributed by atoms with E-state index < -0.39 is 0 Å². The molecule has 3 nitrogen and oxygen atoms in total. The minimum atomic E-state index is 0.898. The minimum Gasteiger partial charge on any atom is -0.309 e. The summed E-state index contributed by atoms with van der Waals surface area (Å²) < 4.78 is 7.27. The molecule has 69 heavy (non-hydrogen) atoms. The van der Waals surface area contributed by atoms with Crippen LogP contribution in [-0.4, -0.2) is 15.0 Å². The van der Waals surface area contributed by atoms with Gasteiger partial charge >= 0.3 is 0 Å². The number of nitrogens with zero attached hydrogens (tertiary/aromatic N) is 3. The number of thiophene rings is 1. The van der Waals surface area contributed by atoms with Crippen molar-refractivity contribution in [2.45, 2.75) is 13.3 Å². The summed E-state index contributed by atoms with van der Waals surface area (Å²) in [6.07, 6.45) is 0.921. The fraction of sp³-hybridized carbons (Fsp3) is 0.0308. The van der Waals surface area contributed by atoms with Gasteiger partial charge in [0.1, 0.15) is 5.84 Å². The zero-order chi connectivity index (χ0) is 45.7. The molecule has 3 heterocycles. The molecule has 324 valence electrons. The van der Waals surface area contributed by atoms with Gasteiger partial charge in [-0.1, -0.05) is 164 Å². The first kappa shape index (κ1) is 39.6. The van der Waals surface area contributed by atoms with Gasteiger partial charge in [-0.05, 0) is 130 Å². The van der Waals surface area contributed by atoms with Crippen molar-refractivity contribution >= 4 is 92.2 Å². The van der Waals surface area contributed by atoms with E-state index in [-0.39, 0.29) is 0 Å². The zero-order valence-electron chi connectivity index (χ0n) is 37.9.